The summed E-state index contributed by atoms with van der Waals surface area (Å²) < 4.78 is 19.2. The summed E-state index contributed by atoms with van der Waals surface area (Å²) in [6.07, 6.45) is 0. The third kappa shape index (κ3) is 3.78. The Balaban J connectivity index is 1.87. The van der Waals surface area contributed by atoms with Gasteiger partial charge in [0.1, 0.15) is 17.3 Å². The lowest BCUT2D eigenvalue weighted by Gasteiger charge is -2.15. The van der Waals surface area contributed by atoms with Crippen molar-refractivity contribution in [2.75, 3.05) is 17.3 Å². The highest BCUT2D eigenvalue weighted by atomic mass is 35.5. The number of methoxy groups -OCH3 is 1. The molecular formula is C24H18ClFN2O3. The first-order valence-electron chi connectivity index (χ1n) is 9.46. The van der Waals surface area contributed by atoms with Gasteiger partial charge in [0.25, 0.3) is 11.8 Å². The molecule has 3 aromatic carbocycles. The van der Waals surface area contributed by atoms with Gasteiger partial charge in [-0.3, -0.25) is 9.59 Å². The maximum absolute atomic E-state index is 13.8. The number of imide groups is 1. The summed E-state index contributed by atoms with van der Waals surface area (Å²) in [7, 11) is 1.48. The molecule has 31 heavy (non-hydrogen) atoms. The lowest BCUT2D eigenvalue weighted by atomic mass is 10.0. The summed E-state index contributed by atoms with van der Waals surface area (Å²) in [5.41, 5.74) is 2.19. The molecule has 156 valence electrons. The van der Waals surface area contributed by atoms with E-state index in [1.54, 1.807) is 42.5 Å². The molecule has 0 bridgehead atoms. The van der Waals surface area contributed by atoms with Crippen molar-refractivity contribution in [2.45, 2.75) is 6.92 Å². The monoisotopic (exact) mass is 436 g/mol. The number of carbonyl (C=O) groups is 2. The molecule has 1 aliphatic rings. The number of amides is 2. The van der Waals surface area contributed by atoms with Crippen LogP contribution in [0, 0.1) is 12.7 Å². The predicted octanol–water partition coefficient (Wildman–Crippen LogP) is 5.19. The number of halogens is 2. The van der Waals surface area contributed by atoms with Gasteiger partial charge in [-0.1, -0.05) is 41.9 Å². The number of hydrogen-bond acceptors (Lipinski definition) is 4. The summed E-state index contributed by atoms with van der Waals surface area (Å²) in [5.74, 6) is -1.31. The zero-order valence-corrected chi connectivity index (χ0v) is 17.5. The number of nitrogens with one attached hydrogen (secondary N) is 1. The third-order valence-corrected chi connectivity index (χ3v) is 5.37. The zero-order chi connectivity index (χ0) is 22.1. The predicted molar refractivity (Wildman–Crippen MR) is 119 cm³/mol. The molecule has 5 nitrogen and oxygen atoms in total. The Morgan fingerprint density at radius 3 is 2.45 bits per heavy atom. The highest BCUT2D eigenvalue weighted by Gasteiger charge is 2.41. The standard InChI is InChI=1S/C24H18ClFN2O3/c1-14-10-11-16(13-19(14)25)27-22-21(18-8-3-4-9-20(18)31-2)23(29)28(24(22)30)17-7-5-6-15(26)12-17/h3-13,27H,1-2H3. The Kier molecular flexibility index (Phi) is 5.48. The number of hydrogen-bond donors (Lipinski definition) is 1. The second kappa shape index (κ2) is 8.24. The van der Waals surface area contributed by atoms with Gasteiger partial charge in [0.05, 0.1) is 18.4 Å². The summed E-state index contributed by atoms with van der Waals surface area (Å²) in [4.78, 5) is 27.7. The quantitative estimate of drug-likeness (QED) is 0.559. The minimum Gasteiger partial charge on any atom is -0.496 e. The van der Waals surface area contributed by atoms with Crippen LogP contribution in [-0.2, 0) is 9.59 Å². The first-order valence-corrected chi connectivity index (χ1v) is 9.83. The third-order valence-electron chi connectivity index (χ3n) is 4.97. The topological polar surface area (TPSA) is 58.6 Å². The molecule has 0 saturated carbocycles. The molecule has 0 aliphatic carbocycles. The van der Waals surface area contributed by atoms with Crippen molar-refractivity contribution in [2.24, 2.45) is 0 Å². The van der Waals surface area contributed by atoms with Crippen molar-refractivity contribution in [1.82, 2.24) is 0 Å². The molecule has 0 fully saturated rings. The fourth-order valence-electron chi connectivity index (χ4n) is 3.41. The van der Waals surface area contributed by atoms with E-state index in [4.69, 9.17) is 16.3 Å². The van der Waals surface area contributed by atoms with Crippen molar-refractivity contribution < 1.29 is 18.7 Å². The van der Waals surface area contributed by atoms with Gasteiger partial charge >= 0.3 is 0 Å². The average molecular weight is 437 g/mol. The van der Waals surface area contributed by atoms with Crippen LogP contribution < -0.4 is 15.0 Å². The molecule has 0 atom stereocenters. The van der Waals surface area contributed by atoms with E-state index in [2.05, 4.69) is 5.32 Å². The SMILES string of the molecule is COc1ccccc1C1=C(Nc2ccc(C)c(Cl)c2)C(=O)N(c2cccc(F)c2)C1=O. The van der Waals surface area contributed by atoms with Gasteiger partial charge in [-0.25, -0.2) is 9.29 Å². The molecule has 0 saturated heterocycles. The van der Waals surface area contributed by atoms with Gasteiger partial charge in [-0.2, -0.15) is 0 Å². The fourth-order valence-corrected chi connectivity index (χ4v) is 3.59. The van der Waals surface area contributed by atoms with E-state index >= 15 is 0 Å². The van der Waals surface area contributed by atoms with E-state index in [-0.39, 0.29) is 17.0 Å². The van der Waals surface area contributed by atoms with Crippen LogP contribution in [0.3, 0.4) is 0 Å². The Bertz CT molecular complexity index is 1240. The van der Waals surface area contributed by atoms with Crippen LogP contribution in [0.25, 0.3) is 5.57 Å². The Labute approximate surface area is 183 Å². The maximum Gasteiger partial charge on any atom is 0.282 e. The van der Waals surface area contributed by atoms with Crippen LogP contribution in [0.1, 0.15) is 11.1 Å². The number of ether oxygens (including phenoxy) is 1. The first kappa shape index (κ1) is 20.6. The van der Waals surface area contributed by atoms with Gasteiger partial charge in [0.15, 0.2) is 0 Å². The van der Waals surface area contributed by atoms with E-state index < -0.39 is 17.6 Å². The minimum absolute atomic E-state index is 0.0543. The lowest BCUT2D eigenvalue weighted by Crippen LogP contribution is -2.32. The van der Waals surface area contributed by atoms with Crippen molar-refractivity contribution in [3.8, 4) is 5.75 Å². The fraction of sp³-hybridized carbons (Fsp3) is 0.0833. The van der Waals surface area contributed by atoms with E-state index in [1.807, 2.05) is 6.92 Å². The normalized spacial score (nSPS) is 13.7. The van der Waals surface area contributed by atoms with Crippen LogP contribution in [0.5, 0.6) is 5.75 Å². The largest absolute Gasteiger partial charge is 0.496 e. The highest BCUT2D eigenvalue weighted by molar-refractivity contribution is 6.46. The van der Waals surface area contributed by atoms with Crippen LogP contribution in [0.4, 0.5) is 15.8 Å². The molecule has 0 unspecified atom stereocenters. The summed E-state index contributed by atoms with van der Waals surface area (Å²) in [6.45, 7) is 1.86. The van der Waals surface area contributed by atoms with Gasteiger partial charge in [-0.15, -0.1) is 0 Å². The summed E-state index contributed by atoms with van der Waals surface area (Å²) in [5, 5.41) is 3.55. The van der Waals surface area contributed by atoms with E-state index in [1.165, 1.54) is 25.3 Å². The Morgan fingerprint density at radius 2 is 1.74 bits per heavy atom. The van der Waals surface area contributed by atoms with Crippen LogP contribution in [0.15, 0.2) is 72.4 Å². The number of para-hydroxylation sites is 1. The zero-order valence-electron chi connectivity index (χ0n) is 16.8. The second-order valence-electron chi connectivity index (χ2n) is 6.96. The summed E-state index contributed by atoms with van der Waals surface area (Å²) in [6, 6.07) is 17.5. The smallest absolute Gasteiger partial charge is 0.282 e. The second-order valence-corrected chi connectivity index (χ2v) is 7.37. The number of aryl methyl sites for hydroxylation is 1. The number of nitrogens with zero attached hydrogens (tertiary/aromatic N) is 1. The molecule has 3 aromatic rings. The highest BCUT2D eigenvalue weighted by Crippen LogP contribution is 2.37. The van der Waals surface area contributed by atoms with E-state index in [9.17, 15) is 14.0 Å². The number of rotatable bonds is 5. The Hall–Kier alpha value is -3.64. The van der Waals surface area contributed by atoms with Gasteiger partial charge in [0, 0.05) is 16.3 Å². The molecule has 1 heterocycles. The summed E-state index contributed by atoms with van der Waals surface area (Å²) >= 11 is 6.23. The molecule has 0 spiro atoms. The number of carbonyl (C=O) groups excluding carboxylic acids is 2. The molecule has 0 aromatic heterocycles. The van der Waals surface area contributed by atoms with Crippen LogP contribution in [-0.4, -0.2) is 18.9 Å². The van der Waals surface area contributed by atoms with Crippen LogP contribution >= 0.6 is 11.6 Å². The average Bonchev–Trinajstić information content (AvgIpc) is 3.00. The van der Waals surface area contributed by atoms with E-state index in [0.717, 1.165) is 16.5 Å². The van der Waals surface area contributed by atoms with Crippen molar-refractivity contribution in [3.05, 3.63) is 94.4 Å². The first-order chi connectivity index (χ1) is 14.9. The maximum atomic E-state index is 13.8. The number of benzene rings is 3. The number of anilines is 2. The van der Waals surface area contributed by atoms with Gasteiger partial charge in [-0.05, 0) is 48.9 Å². The van der Waals surface area contributed by atoms with Crippen molar-refractivity contribution >= 4 is 40.4 Å². The van der Waals surface area contributed by atoms with Gasteiger partial charge < -0.3 is 10.1 Å². The lowest BCUT2D eigenvalue weighted by molar-refractivity contribution is -0.120. The van der Waals surface area contributed by atoms with Gasteiger partial charge in [0.2, 0.25) is 0 Å². The molecule has 7 heteroatoms. The molecular weight excluding hydrogens is 419 g/mol. The molecule has 2 amide bonds. The van der Waals surface area contributed by atoms with E-state index in [0.29, 0.717) is 22.0 Å². The van der Waals surface area contributed by atoms with Crippen LogP contribution in [0.2, 0.25) is 5.02 Å². The Morgan fingerprint density at radius 1 is 0.968 bits per heavy atom. The minimum atomic E-state index is -0.604. The molecule has 1 N–H and O–H groups in total. The molecule has 4 rings (SSSR count). The molecule has 1 aliphatic heterocycles. The van der Waals surface area contributed by atoms with Crippen molar-refractivity contribution in [1.29, 1.82) is 0 Å². The van der Waals surface area contributed by atoms with Crippen molar-refractivity contribution in [3.63, 3.8) is 0 Å². The molecule has 0 radical (unpaired) electrons.